The summed E-state index contributed by atoms with van der Waals surface area (Å²) in [7, 11) is 0. The number of anilines is 1. The Labute approximate surface area is 204 Å². The number of alkyl carbamates (subject to hydrolysis) is 1. The minimum atomic E-state index is -1.03. The quantitative estimate of drug-likeness (QED) is 0.584. The zero-order valence-electron chi connectivity index (χ0n) is 19.4. The molecule has 0 unspecified atom stereocenters. The zero-order chi connectivity index (χ0) is 24.6. The molecule has 0 saturated carbocycles. The van der Waals surface area contributed by atoms with E-state index in [-0.39, 0.29) is 25.1 Å². The molecule has 0 radical (unpaired) electrons. The number of carboxylic acid groups (broad SMARTS) is 1. The highest BCUT2D eigenvalue weighted by atomic mass is 16.5. The Morgan fingerprint density at radius 2 is 1.91 bits per heavy atom. The molecular formula is C26H30N4O5. The third kappa shape index (κ3) is 6.32. The lowest BCUT2D eigenvalue weighted by Crippen LogP contribution is -2.60. The molecule has 2 bridgehead atoms. The van der Waals surface area contributed by atoms with Crippen molar-refractivity contribution < 1.29 is 24.2 Å². The van der Waals surface area contributed by atoms with Crippen molar-refractivity contribution in [2.75, 3.05) is 31.1 Å². The number of amides is 3. The van der Waals surface area contributed by atoms with Gasteiger partial charge in [-0.15, -0.1) is 0 Å². The molecule has 9 heteroatoms. The van der Waals surface area contributed by atoms with E-state index in [1.54, 1.807) is 0 Å². The van der Waals surface area contributed by atoms with E-state index >= 15 is 0 Å². The van der Waals surface area contributed by atoms with Crippen molar-refractivity contribution in [3.05, 3.63) is 77.9 Å². The summed E-state index contributed by atoms with van der Waals surface area (Å²) in [5.41, 5.74) is 2.59. The third-order valence-electron chi connectivity index (χ3n) is 6.21. The Morgan fingerprint density at radius 1 is 1.09 bits per heavy atom. The lowest BCUT2D eigenvalue weighted by atomic mass is 10.0. The van der Waals surface area contributed by atoms with E-state index in [4.69, 9.17) is 4.74 Å². The molecule has 3 N–H and O–H groups in total. The molecule has 2 aromatic rings. The maximum atomic E-state index is 12.9. The number of ether oxygens (including phenoxy) is 1. The van der Waals surface area contributed by atoms with Crippen LogP contribution in [-0.4, -0.2) is 60.3 Å². The van der Waals surface area contributed by atoms with Gasteiger partial charge in [0.1, 0.15) is 12.6 Å². The lowest BCUT2D eigenvalue weighted by molar-refractivity contribution is -0.123. The first-order valence-electron chi connectivity index (χ1n) is 11.8. The van der Waals surface area contributed by atoms with Crippen molar-refractivity contribution in [3.8, 4) is 0 Å². The SMILES string of the molecule is O=C(N[C@H]1CC=CCCNC(=O)[C@@H]2CN(C(=O)O)CCN2c2cccc1c2)OCc1ccccc1. The topological polar surface area (TPSA) is 111 Å². The summed E-state index contributed by atoms with van der Waals surface area (Å²) >= 11 is 0. The summed E-state index contributed by atoms with van der Waals surface area (Å²) in [6.07, 6.45) is 3.60. The summed E-state index contributed by atoms with van der Waals surface area (Å²) in [6.45, 7) is 1.41. The molecule has 0 aromatic heterocycles. The van der Waals surface area contributed by atoms with E-state index in [0.717, 1.165) is 16.8 Å². The predicted molar refractivity (Wildman–Crippen MR) is 131 cm³/mol. The van der Waals surface area contributed by atoms with Crippen molar-refractivity contribution >= 4 is 23.8 Å². The molecular weight excluding hydrogens is 448 g/mol. The highest BCUT2D eigenvalue weighted by Crippen LogP contribution is 2.27. The number of rotatable bonds is 3. The van der Waals surface area contributed by atoms with Crippen molar-refractivity contribution in [2.45, 2.75) is 31.5 Å². The molecule has 1 fully saturated rings. The van der Waals surface area contributed by atoms with Gasteiger partial charge in [-0.25, -0.2) is 9.59 Å². The van der Waals surface area contributed by atoms with Crippen LogP contribution in [0.4, 0.5) is 15.3 Å². The van der Waals surface area contributed by atoms with E-state index in [0.29, 0.717) is 32.5 Å². The molecule has 184 valence electrons. The Bertz CT molecular complexity index is 1070. The summed E-state index contributed by atoms with van der Waals surface area (Å²) in [5.74, 6) is -0.201. The molecule has 3 amide bonds. The minimum absolute atomic E-state index is 0.0920. The summed E-state index contributed by atoms with van der Waals surface area (Å²) in [5, 5.41) is 15.3. The zero-order valence-corrected chi connectivity index (χ0v) is 19.4. The second-order valence-corrected chi connectivity index (χ2v) is 8.58. The first-order valence-corrected chi connectivity index (χ1v) is 11.8. The van der Waals surface area contributed by atoms with Crippen LogP contribution in [0.2, 0.25) is 0 Å². The van der Waals surface area contributed by atoms with E-state index in [2.05, 4.69) is 10.6 Å². The van der Waals surface area contributed by atoms with E-state index in [1.807, 2.05) is 71.6 Å². The molecule has 2 aromatic carbocycles. The number of carbonyl (C=O) groups is 3. The van der Waals surface area contributed by atoms with Crippen LogP contribution in [-0.2, 0) is 16.1 Å². The number of carbonyl (C=O) groups excluding carboxylic acids is 2. The fourth-order valence-electron chi connectivity index (χ4n) is 4.34. The number of nitrogens with zero attached hydrogens (tertiary/aromatic N) is 2. The van der Waals surface area contributed by atoms with Gasteiger partial charge >= 0.3 is 12.2 Å². The van der Waals surface area contributed by atoms with Crippen LogP contribution in [0.15, 0.2) is 66.7 Å². The van der Waals surface area contributed by atoms with Gasteiger partial charge in [-0.05, 0) is 36.1 Å². The summed E-state index contributed by atoms with van der Waals surface area (Å²) < 4.78 is 5.43. The number of nitrogens with one attached hydrogen (secondary N) is 2. The molecule has 1 saturated heterocycles. The number of hydrogen-bond acceptors (Lipinski definition) is 5. The van der Waals surface area contributed by atoms with Gasteiger partial charge in [0, 0.05) is 25.3 Å². The Kier molecular flexibility index (Phi) is 7.87. The van der Waals surface area contributed by atoms with E-state index < -0.39 is 18.2 Å². The lowest BCUT2D eigenvalue weighted by Gasteiger charge is -2.41. The molecule has 9 nitrogen and oxygen atoms in total. The molecule has 2 aliphatic rings. The number of piperazine rings is 1. The summed E-state index contributed by atoms with van der Waals surface area (Å²) in [6, 6.07) is 16.2. The average molecular weight is 479 g/mol. The average Bonchev–Trinajstić information content (AvgIpc) is 2.89. The first-order chi connectivity index (χ1) is 17.0. The fraction of sp³-hybridized carbons (Fsp3) is 0.346. The molecule has 0 aliphatic carbocycles. The molecule has 4 rings (SSSR count). The van der Waals surface area contributed by atoms with Gasteiger partial charge in [0.05, 0.1) is 12.6 Å². The van der Waals surface area contributed by atoms with Gasteiger partial charge in [0.15, 0.2) is 0 Å². The predicted octanol–water partition coefficient (Wildman–Crippen LogP) is 3.29. The van der Waals surface area contributed by atoms with Crippen LogP contribution in [0.1, 0.15) is 30.0 Å². The first kappa shape index (κ1) is 24.1. The number of fused-ring (bicyclic) bond motifs is 4. The Hall–Kier alpha value is -4.01. The van der Waals surface area contributed by atoms with E-state index in [9.17, 15) is 19.5 Å². The molecule has 2 atom stereocenters. The van der Waals surface area contributed by atoms with Crippen molar-refractivity contribution in [2.24, 2.45) is 0 Å². The van der Waals surface area contributed by atoms with Gasteiger partial charge in [0.2, 0.25) is 5.91 Å². The number of hydrogen-bond donors (Lipinski definition) is 3. The monoisotopic (exact) mass is 478 g/mol. The van der Waals surface area contributed by atoms with Crippen LogP contribution in [0, 0.1) is 0 Å². The highest BCUT2D eigenvalue weighted by Gasteiger charge is 2.34. The Balaban J connectivity index is 1.55. The third-order valence-corrected chi connectivity index (χ3v) is 6.21. The molecule has 35 heavy (non-hydrogen) atoms. The maximum Gasteiger partial charge on any atom is 0.407 e. The van der Waals surface area contributed by atoms with Gasteiger partial charge in [-0.3, -0.25) is 4.79 Å². The van der Waals surface area contributed by atoms with Crippen LogP contribution in [0.25, 0.3) is 0 Å². The molecule has 0 spiro atoms. The van der Waals surface area contributed by atoms with Crippen LogP contribution in [0.5, 0.6) is 0 Å². The maximum absolute atomic E-state index is 12.9. The van der Waals surface area contributed by atoms with Crippen LogP contribution < -0.4 is 15.5 Å². The minimum Gasteiger partial charge on any atom is -0.465 e. The van der Waals surface area contributed by atoms with Crippen molar-refractivity contribution in [3.63, 3.8) is 0 Å². The highest BCUT2D eigenvalue weighted by molar-refractivity contribution is 5.86. The van der Waals surface area contributed by atoms with E-state index in [1.165, 1.54) is 4.90 Å². The molecule has 2 aliphatic heterocycles. The largest absolute Gasteiger partial charge is 0.465 e. The van der Waals surface area contributed by atoms with Crippen molar-refractivity contribution in [1.29, 1.82) is 0 Å². The second-order valence-electron chi connectivity index (χ2n) is 8.58. The van der Waals surface area contributed by atoms with Gasteiger partial charge in [-0.2, -0.15) is 0 Å². The van der Waals surface area contributed by atoms with Crippen molar-refractivity contribution in [1.82, 2.24) is 15.5 Å². The van der Waals surface area contributed by atoms with Gasteiger partial charge in [0.25, 0.3) is 0 Å². The number of benzene rings is 2. The smallest absolute Gasteiger partial charge is 0.407 e. The van der Waals surface area contributed by atoms with Gasteiger partial charge < -0.3 is 30.3 Å². The fourth-order valence-corrected chi connectivity index (χ4v) is 4.34. The standard InChI is InChI=1S/C26H30N4O5/c31-24-23-17-29(26(33)34)14-15-30(23)21-11-7-10-20(16-21)22(12-5-2-6-13-27-24)28-25(32)35-18-19-8-3-1-4-9-19/h1-5,7-11,16,22-23H,6,12-15,17-18H2,(H,27,31)(H,28,32)(H,33,34)/t22-,23-/m0/s1. The van der Waals surface area contributed by atoms with Crippen LogP contribution >= 0.6 is 0 Å². The normalized spacial score (nSPS) is 20.4. The Morgan fingerprint density at radius 3 is 2.71 bits per heavy atom. The van der Waals surface area contributed by atoms with Crippen LogP contribution in [0.3, 0.4) is 0 Å². The second kappa shape index (κ2) is 11.4. The van der Waals surface area contributed by atoms with Gasteiger partial charge in [-0.1, -0.05) is 54.6 Å². The summed E-state index contributed by atoms with van der Waals surface area (Å²) in [4.78, 5) is 40.3. The molecule has 2 heterocycles.